The number of nitrogens with zero attached hydrogens (tertiary/aromatic N) is 1. The lowest BCUT2D eigenvalue weighted by atomic mass is 10.1. The molecule has 1 atom stereocenters. The van der Waals surface area contributed by atoms with Gasteiger partial charge in [0.05, 0.1) is 13.2 Å². The van der Waals surface area contributed by atoms with Gasteiger partial charge >= 0.3 is 36.1 Å². The van der Waals surface area contributed by atoms with Crippen LogP contribution >= 0.6 is 0 Å². The summed E-state index contributed by atoms with van der Waals surface area (Å²) in [6.07, 6.45) is -14.6. The number of hydrogen-bond donors (Lipinski definition) is 0. The topological polar surface area (TPSA) is 65.1 Å². The van der Waals surface area contributed by atoms with Crippen LogP contribution in [0.3, 0.4) is 0 Å². The van der Waals surface area contributed by atoms with E-state index in [1.165, 1.54) is 31.4 Å². The number of benzene rings is 1. The second-order valence-corrected chi connectivity index (χ2v) is 7.92. The van der Waals surface area contributed by atoms with Crippen LogP contribution in [-0.2, 0) is 25.5 Å². The lowest BCUT2D eigenvalue weighted by Crippen LogP contribution is -2.57. The highest BCUT2D eigenvalue weighted by molar-refractivity contribution is 5.85. The van der Waals surface area contributed by atoms with Gasteiger partial charge in [0, 0.05) is 13.2 Å². The molecule has 0 fully saturated rings. The van der Waals surface area contributed by atoms with Crippen molar-refractivity contribution >= 4 is 11.9 Å². The van der Waals surface area contributed by atoms with E-state index >= 15 is 0 Å². The second kappa shape index (κ2) is 12.2. The summed E-state index contributed by atoms with van der Waals surface area (Å²) in [7, 11) is 1.46. The number of carbonyl (C=O) groups excluding carboxylic acids is 2. The number of carbonyl (C=O) groups is 2. The average Bonchev–Trinajstić information content (AvgIpc) is 2.77. The largest absolute Gasteiger partial charge is 0.490 e. The Labute approximate surface area is 204 Å². The molecule has 0 N–H and O–H groups in total. The molecule has 212 valence electrons. The van der Waals surface area contributed by atoms with E-state index in [9.17, 15) is 53.5 Å². The zero-order chi connectivity index (χ0) is 28.8. The van der Waals surface area contributed by atoms with Crippen molar-refractivity contribution in [2.75, 3.05) is 26.9 Å². The van der Waals surface area contributed by atoms with E-state index in [2.05, 4.69) is 4.74 Å². The first-order chi connectivity index (χ1) is 16.8. The van der Waals surface area contributed by atoms with Gasteiger partial charge < -0.3 is 19.1 Å². The Morgan fingerprint density at radius 3 is 1.81 bits per heavy atom. The molecule has 0 aliphatic rings. The van der Waals surface area contributed by atoms with E-state index in [1.54, 1.807) is 0 Å². The number of methoxy groups -OCH3 is 1. The maximum Gasteiger partial charge on any atom is 0.465 e. The minimum absolute atomic E-state index is 0.0483. The van der Waals surface area contributed by atoms with Crippen LogP contribution in [0.25, 0.3) is 0 Å². The number of amides is 1. The standard InChI is InChI=1S/C21H23F10NO5/c1-12(2)32(16(33)18(22,23)20(26,27)28)10-15(37-17(34)19(24,25)21(29,30)31)11-36-14-6-4-13(5-7-14)8-9-35-3/h4-7,12,15H,8-11H2,1-3H3. The maximum absolute atomic E-state index is 13.6. The first kappa shape index (κ1) is 32.2. The monoisotopic (exact) mass is 559 g/mol. The van der Waals surface area contributed by atoms with Crippen LogP contribution in [0.4, 0.5) is 43.9 Å². The molecule has 0 aliphatic heterocycles. The summed E-state index contributed by atoms with van der Waals surface area (Å²) >= 11 is 0. The van der Waals surface area contributed by atoms with Crippen LogP contribution in [0.1, 0.15) is 19.4 Å². The SMILES string of the molecule is COCCc1ccc(OCC(CN(C(=O)C(F)(F)C(F)(F)F)C(C)C)OC(=O)C(F)(F)C(F)(F)F)cc1. The molecule has 16 heteroatoms. The van der Waals surface area contributed by atoms with Crippen molar-refractivity contribution in [2.45, 2.75) is 56.6 Å². The zero-order valence-corrected chi connectivity index (χ0v) is 19.6. The predicted molar refractivity (Wildman–Crippen MR) is 106 cm³/mol. The first-order valence-corrected chi connectivity index (χ1v) is 10.4. The minimum Gasteiger partial charge on any atom is -0.490 e. The van der Waals surface area contributed by atoms with Crippen molar-refractivity contribution in [3.05, 3.63) is 29.8 Å². The third kappa shape index (κ3) is 8.36. The summed E-state index contributed by atoms with van der Waals surface area (Å²) in [6, 6.07) is 4.21. The number of esters is 1. The van der Waals surface area contributed by atoms with Gasteiger partial charge in [-0.15, -0.1) is 0 Å². The van der Waals surface area contributed by atoms with Gasteiger partial charge in [0.2, 0.25) is 0 Å². The van der Waals surface area contributed by atoms with Crippen molar-refractivity contribution < 1.29 is 67.7 Å². The molecule has 1 rings (SSSR count). The van der Waals surface area contributed by atoms with E-state index in [0.29, 0.717) is 13.0 Å². The average molecular weight is 559 g/mol. The summed E-state index contributed by atoms with van der Waals surface area (Å²) in [5.41, 5.74) is 0.743. The number of hydrogen-bond acceptors (Lipinski definition) is 5. The molecule has 0 radical (unpaired) electrons. The summed E-state index contributed by atoms with van der Waals surface area (Å²) in [6.45, 7) is -0.216. The number of ether oxygens (including phenoxy) is 3. The smallest absolute Gasteiger partial charge is 0.465 e. The Balaban J connectivity index is 3.21. The molecule has 0 heterocycles. The molecule has 6 nitrogen and oxygen atoms in total. The third-order valence-corrected chi connectivity index (χ3v) is 4.75. The molecule has 0 aliphatic carbocycles. The molecule has 1 unspecified atom stereocenters. The molecule has 37 heavy (non-hydrogen) atoms. The highest BCUT2D eigenvalue weighted by Crippen LogP contribution is 2.38. The Morgan fingerprint density at radius 2 is 1.38 bits per heavy atom. The normalized spacial score (nSPS) is 13.9. The van der Waals surface area contributed by atoms with Crippen molar-refractivity contribution in [2.24, 2.45) is 0 Å². The number of alkyl halides is 10. The quantitative estimate of drug-likeness (QED) is 0.272. The molecular formula is C21H23F10NO5. The van der Waals surface area contributed by atoms with E-state index in [4.69, 9.17) is 9.47 Å². The highest BCUT2D eigenvalue weighted by atomic mass is 19.4. The Bertz CT molecular complexity index is 900. The van der Waals surface area contributed by atoms with E-state index < -0.39 is 61.4 Å². The minimum atomic E-state index is -6.40. The Morgan fingerprint density at radius 1 is 0.865 bits per heavy atom. The van der Waals surface area contributed by atoms with Gasteiger partial charge in [-0.05, 0) is 38.0 Å². The van der Waals surface area contributed by atoms with Gasteiger partial charge in [0.25, 0.3) is 0 Å². The molecule has 0 saturated carbocycles. The fourth-order valence-electron chi connectivity index (χ4n) is 2.68. The van der Waals surface area contributed by atoms with Gasteiger partial charge in [0.15, 0.2) is 6.10 Å². The summed E-state index contributed by atoms with van der Waals surface area (Å²) in [4.78, 5) is 23.4. The molecular weight excluding hydrogens is 536 g/mol. The van der Waals surface area contributed by atoms with Gasteiger partial charge in [0.1, 0.15) is 12.4 Å². The molecule has 1 aromatic carbocycles. The fourth-order valence-corrected chi connectivity index (χ4v) is 2.68. The van der Waals surface area contributed by atoms with Crippen LogP contribution in [0.2, 0.25) is 0 Å². The zero-order valence-electron chi connectivity index (χ0n) is 19.6. The van der Waals surface area contributed by atoms with Crippen molar-refractivity contribution in [3.8, 4) is 5.75 Å². The van der Waals surface area contributed by atoms with Gasteiger partial charge in [-0.25, -0.2) is 4.79 Å². The highest BCUT2D eigenvalue weighted by Gasteiger charge is 2.66. The molecule has 0 aromatic heterocycles. The summed E-state index contributed by atoms with van der Waals surface area (Å²) < 4.78 is 144. The molecule has 1 amide bonds. The summed E-state index contributed by atoms with van der Waals surface area (Å²) in [5.74, 6) is -18.0. The van der Waals surface area contributed by atoms with Crippen LogP contribution < -0.4 is 4.74 Å². The van der Waals surface area contributed by atoms with Gasteiger partial charge in [-0.2, -0.15) is 43.9 Å². The van der Waals surface area contributed by atoms with Crippen LogP contribution in [0, 0.1) is 0 Å². The number of rotatable bonds is 12. The van der Waals surface area contributed by atoms with Gasteiger partial charge in [-0.3, -0.25) is 4.79 Å². The van der Waals surface area contributed by atoms with Gasteiger partial charge in [-0.1, -0.05) is 12.1 Å². The van der Waals surface area contributed by atoms with Crippen LogP contribution in [0.15, 0.2) is 24.3 Å². The third-order valence-electron chi connectivity index (χ3n) is 4.75. The molecule has 0 bridgehead atoms. The van der Waals surface area contributed by atoms with E-state index in [1.807, 2.05) is 0 Å². The van der Waals surface area contributed by atoms with Crippen molar-refractivity contribution in [1.82, 2.24) is 4.90 Å². The summed E-state index contributed by atoms with van der Waals surface area (Å²) in [5, 5.41) is 0. The van der Waals surface area contributed by atoms with E-state index in [-0.39, 0.29) is 10.6 Å². The lowest BCUT2D eigenvalue weighted by Gasteiger charge is -2.34. The molecule has 1 aromatic rings. The first-order valence-electron chi connectivity index (χ1n) is 10.4. The van der Waals surface area contributed by atoms with Crippen LogP contribution in [-0.4, -0.2) is 80.0 Å². The molecule has 0 saturated heterocycles. The van der Waals surface area contributed by atoms with Crippen LogP contribution in [0.5, 0.6) is 5.75 Å². The predicted octanol–water partition coefficient (Wildman–Crippen LogP) is 4.80. The lowest BCUT2D eigenvalue weighted by molar-refractivity contribution is -0.284. The molecule has 0 spiro atoms. The second-order valence-electron chi connectivity index (χ2n) is 7.92. The fraction of sp³-hybridized carbons (Fsp3) is 0.619. The maximum atomic E-state index is 13.6. The van der Waals surface area contributed by atoms with Crippen molar-refractivity contribution in [1.29, 1.82) is 0 Å². The Kier molecular flexibility index (Phi) is 10.6. The van der Waals surface area contributed by atoms with Crippen molar-refractivity contribution in [3.63, 3.8) is 0 Å². The number of halogens is 10. The Hall–Kier alpha value is -2.78. The van der Waals surface area contributed by atoms with E-state index in [0.717, 1.165) is 19.4 Å².